The molecule has 3 aromatic carbocycles. The number of nitrogens with one attached hydrogen (secondary N) is 2. The van der Waals surface area contributed by atoms with Gasteiger partial charge in [-0.05, 0) is 80.8 Å². The lowest BCUT2D eigenvalue weighted by Gasteiger charge is -2.67. The van der Waals surface area contributed by atoms with Crippen molar-refractivity contribution in [3.05, 3.63) is 119 Å². The number of carbonyl (C=O) groups excluding carboxylic acids is 7. The lowest BCUT2D eigenvalue weighted by atomic mass is 9.44. The number of esters is 4. The number of benzene rings is 3. The quantitative estimate of drug-likeness (QED) is 0.0561. The Morgan fingerprint density at radius 1 is 0.903 bits per heavy atom. The molecule has 3 N–H and O–H groups in total. The molecule has 72 heavy (non-hydrogen) atoms. The van der Waals surface area contributed by atoms with E-state index in [-0.39, 0.29) is 60.6 Å². The van der Waals surface area contributed by atoms with E-state index in [0.717, 1.165) is 19.1 Å². The molecule has 2 bridgehead atoms. The zero-order valence-corrected chi connectivity index (χ0v) is 42.0. The molecular formula is C53H61FN2O15S. The minimum Gasteiger partial charge on any atom is -0.461 e. The van der Waals surface area contributed by atoms with Gasteiger partial charge in [0.25, 0.3) is 5.91 Å². The third-order valence-electron chi connectivity index (χ3n) is 14.7. The molecule has 2 saturated carbocycles. The number of hydrogen-bond acceptors (Lipinski definition) is 16. The number of Topliss-reactive ketones (excluding diaryl/α,β-unsaturated/α-hetero) is 1. The molecule has 1 aliphatic heterocycles. The first-order valence-corrected chi connectivity index (χ1v) is 24.5. The first-order valence-electron chi connectivity index (χ1n) is 23.9. The van der Waals surface area contributed by atoms with E-state index in [2.05, 4.69) is 23.3 Å². The largest absolute Gasteiger partial charge is 0.461 e. The summed E-state index contributed by atoms with van der Waals surface area (Å²) in [5, 5.41) is 19.4. The van der Waals surface area contributed by atoms with E-state index in [1.54, 1.807) is 95.3 Å². The van der Waals surface area contributed by atoms with Crippen LogP contribution < -0.4 is 10.6 Å². The highest BCUT2D eigenvalue weighted by Gasteiger charge is 2.79. The smallest absolute Gasteiger partial charge is 0.408 e. The highest BCUT2D eigenvalue weighted by atomic mass is 32.1. The van der Waals surface area contributed by atoms with E-state index in [1.807, 2.05) is 0 Å². The third kappa shape index (κ3) is 9.87. The summed E-state index contributed by atoms with van der Waals surface area (Å²) in [6, 6.07) is 19.5. The van der Waals surface area contributed by atoms with E-state index >= 15 is 9.59 Å². The number of aliphatic hydroxyl groups is 1. The predicted octanol–water partition coefficient (Wildman–Crippen LogP) is 5.97. The fourth-order valence-corrected chi connectivity index (χ4v) is 11.3. The van der Waals surface area contributed by atoms with E-state index in [4.69, 9.17) is 33.2 Å². The summed E-state index contributed by atoms with van der Waals surface area (Å²) in [6.45, 7) is 10.4. The van der Waals surface area contributed by atoms with Crippen molar-refractivity contribution in [2.45, 2.75) is 122 Å². The molecule has 3 aliphatic carbocycles. The molecule has 17 nitrogen and oxygen atoms in total. The van der Waals surface area contributed by atoms with Gasteiger partial charge in [0, 0.05) is 49.6 Å². The zero-order chi connectivity index (χ0) is 52.3. The van der Waals surface area contributed by atoms with Crippen LogP contribution in [0, 0.1) is 22.6 Å². The van der Waals surface area contributed by atoms with Gasteiger partial charge in [-0.15, -0.1) is 0 Å². The van der Waals surface area contributed by atoms with Crippen molar-refractivity contribution in [1.82, 2.24) is 10.6 Å². The topological polar surface area (TPSA) is 228 Å². The molecular weight excluding hydrogens is 956 g/mol. The number of thiol groups is 1. The number of hydrogen-bond donors (Lipinski definition) is 4. The van der Waals surface area contributed by atoms with Crippen LogP contribution in [-0.2, 0) is 52.3 Å². The SMILES string of the molecule is CCNC(=O)O[C@@H](C(=O)O[C@H]1C[C@@]2(O)[C@@H](OC(=O)c3ccc(F)cc3)C3[C@](C)(C(=O)[C@H](OCC)C(=C1C)C2(C)C)[C@@H](OC(=O)CCS)C[C@H]1OC[C@@]31OC(C)=O)[C@@H](NC(=O)c1ccccc1)c1ccccc1. The van der Waals surface area contributed by atoms with E-state index in [9.17, 15) is 33.5 Å². The first-order chi connectivity index (χ1) is 34.2. The summed E-state index contributed by atoms with van der Waals surface area (Å²) in [7, 11) is 0. The molecule has 2 amide bonds. The minimum atomic E-state index is -2.45. The van der Waals surface area contributed by atoms with Crippen LogP contribution in [0.15, 0.2) is 96.1 Å². The normalized spacial score (nSPS) is 28.9. The Hall–Kier alpha value is -6.15. The van der Waals surface area contributed by atoms with Crippen molar-refractivity contribution < 1.29 is 76.2 Å². The van der Waals surface area contributed by atoms with Gasteiger partial charge in [0.2, 0.25) is 6.10 Å². The van der Waals surface area contributed by atoms with Gasteiger partial charge in [-0.2, -0.15) is 12.6 Å². The number of rotatable bonds is 16. The second-order valence-corrected chi connectivity index (χ2v) is 19.6. The van der Waals surface area contributed by atoms with Crippen molar-refractivity contribution in [3.8, 4) is 0 Å². The van der Waals surface area contributed by atoms with Crippen molar-refractivity contribution in [2.24, 2.45) is 16.7 Å². The Morgan fingerprint density at radius 2 is 1.56 bits per heavy atom. The second-order valence-electron chi connectivity index (χ2n) is 19.2. The molecule has 0 radical (unpaired) electrons. The van der Waals surface area contributed by atoms with Crippen molar-refractivity contribution in [1.29, 1.82) is 0 Å². The Bertz CT molecular complexity index is 2580. The van der Waals surface area contributed by atoms with Crippen LogP contribution in [0.5, 0.6) is 0 Å². The molecule has 19 heteroatoms. The third-order valence-corrected chi connectivity index (χ3v) is 14.9. The highest BCUT2D eigenvalue weighted by molar-refractivity contribution is 7.80. The van der Waals surface area contributed by atoms with Gasteiger partial charge in [0.15, 0.2) is 11.4 Å². The molecule has 0 spiro atoms. The maximum atomic E-state index is 16.1. The fourth-order valence-electron chi connectivity index (χ4n) is 11.1. The molecule has 3 aromatic rings. The van der Waals surface area contributed by atoms with Gasteiger partial charge in [-0.25, -0.2) is 18.8 Å². The Morgan fingerprint density at radius 3 is 2.14 bits per heavy atom. The molecule has 3 fully saturated rings. The Labute approximate surface area is 422 Å². The predicted molar refractivity (Wildman–Crippen MR) is 258 cm³/mol. The number of ether oxygens (including phenoxy) is 7. The van der Waals surface area contributed by atoms with E-state index in [0.29, 0.717) is 5.56 Å². The molecule has 11 atom stereocenters. The molecule has 386 valence electrons. The van der Waals surface area contributed by atoms with Crippen LogP contribution in [-0.4, -0.2) is 120 Å². The average molecular weight is 1020 g/mol. The molecule has 4 aliphatic rings. The van der Waals surface area contributed by atoms with Gasteiger partial charge < -0.3 is 48.9 Å². The van der Waals surface area contributed by atoms with Crippen LogP contribution in [0.2, 0.25) is 0 Å². The van der Waals surface area contributed by atoms with Gasteiger partial charge in [-0.1, -0.05) is 62.4 Å². The molecule has 0 aromatic heterocycles. The number of alkyl carbamates (subject to hydrolysis) is 1. The minimum absolute atomic E-state index is 0.0802. The van der Waals surface area contributed by atoms with Gasteiger partial charge >= 0.3 is 30.0 Å². The Balaban J connectivity index is 1.44. The maximum Gasteiger partial charge on any atom is 0.408 e. The van der Waals surface area contributed by atoms with Crippen LogP contribution in [0.1, 0.15) is 100 Å². The Kier molecular flexibility index (Phi) is 16.0. The summed E-state index contributed by atoms with van der Waals surface area (Å²) in [6.07, 6.45) is -11.3. The van der Waals surface area contributed by atoms with E-state index < -0.39 is 125 Å². The molecule has 1 saturated heterocycles. The monoisotopic (exact) mass is 1020 g/mol. The number of amides is 2. The van der Waals surface area contributed by atoms with E-state index in [1.165, 1.54) is 19.1 Å². The number of ketones is 1. The average Bonchev–Trinajstić information content (AvgIpc) is 3.34. The fraction of sp³-hybridized carbons (Fsp3) is 0.491. The van der Waals surface area contributed by atoms with Gasteiger partial charge in [0.05, 0.1) is 29.9 Å². The lowest BCUT2D eigenvalue weighted by Crippen LogP contribution is -2.82. The summed E-state index contributed by atoms with van der Waals surface area (Å²) < 4.78 is 57.9. The standard InChI is InChI=1S/C53H61FN2O15S/c1-8-55-49(63)69-42(40(31-16-12-10-13-17-31)56-46(60)32-18-14-11-15-19-32)48(62)67-35-27-53(64)45(70-47(61)33-20-22-34(54)23-21-33)43-51(7,44(59)41(65-9-2)39(29(35)3)50(53,5)6)36(68-38(58)24-25-72)26-37-52(43,28-66-37)71-30(4)57/h10-23,35-37,40-43,45,64,72H,8-9,24-28H2,1-7H3,(H,55,63)(H,56,60)/t35-,36-,37+,40-,41+,42+,43?,45-,51+,52-,53+/m0/s1. The number of fused-ring (bicyclic) bond motifs is 5. The number of carbonyl (C=O) groups is 7. The first kappa shape index (κ1) is 53.6. The van der Waals surface area contributed by atoms with Crippen LogP contribution in [0.25, 0.3) is 0 Å². The van der Waals surface area contributed by atoms with Crippen LogP contribution in [0.4, 0.5) is 9.18 Å². The lowest BCUT2D eigenvalue weighted by molar-refractivity contribution is -0.346. The summed E-state index contributed by atoms with van der Waals surface area (Å²) in [5.41, 5.74) is -7.18. The van der Waals surface area contributed by atoms with Crippen molar-refractivity contribution >= 4 is 54.3 Å². The van der Waals surface area contributed by atoms with Crippen molar-refractivity contribution in [2.75, 3.05) is 25.5 Å². The molecule has 1 unspecified atom stereocenters. The van der Waals surface area contributed by atoms with Gasteiger partial charge in [-0.3, -0.25) is 19.2 Å². The zero-order valence-electron chi connectivity index (χ0n) is 41.1. The summed E-state index contributed by atoms with van der Waals surface area (Å²) in [4.78, 5) is 100.0. The van der Waals surface area contributed by atoms with Crippen molar-refractivity contribution in [3.63, 3.8) is 0 Å². The van der Waals surface area contributed by atoms with Crippen LogP contribution in [0.3, 0.4) is 0 Å². The molecule has 1 heterocycles. The van der Waals surface area contributed by atoms with Gasteiger partial charge in [0.1, 0.15) is 48.0 Å². The molecule has 7 rings (SSSR count). The van der Waals surface area contributed by atoms with Crippen LogP contribution >= 0.6 is 12.6 Å². The highest BCUT2D eigenvalue weighted by Crippen LogP contribution is 2.65. The number of halogens is 1. The maximum absolute atomic E-state index is 16.1. The second kappa shape index (κ2) is 21.5. The summed E-state index contributed by atoms with van der Waals surface area (Å²) >= 11 is 4.21. The summed E-state index contributed by atoms with van der Waals surface area (Å²) in [5.74, 6) is -7.29.